The molecule has 0 N–H and O–H groups in total. The number of ether oxygens (including phenoxy) is 1. The first kappa shape index (κ1) is 16.8. The summed E-state index contributed by atoms with van der Waals surface area (Å²) in [6.45, 7) is 9.18. The van der Waals surface area contributed by atoms with Gasteiger partial charge < -0.3 is 14.5 Å². The molecule has 1 aromatic carbocycles. The number of hydrogen-bond acceptors (Lipinski definition) is 4. The van der Waals surface area contributed by atoms with Gasteiger partial charge in [0.1, 0.15) is 11.9 Å². The van der Waals surface area contributed by atoms with Gasteiger partial charge in [0.2, 0.25) is 0 Å². The lowest BCUT2D eigenvalue weighted by Crippen LogP contribution is -2.37. The highest BCUT2D eigenvalue weighted by molar-refractivity contribution is 5.75. The number of aldehydes is 1. The Bertz CT molecular complexity index is 620. The Hall–Kier alpha value is -2.04. The molecule has 130 valence electrons. The summed E-state index contributed by atoms with van der Waals surface area (Å²) in [7, 11) is 0. The number of likely N-dealkylation sites (tertiary alicyclic amines) is 1. The second kappa shape index (κ2) is 6.11. The molecular weight excluding hydrogens is 304 g/mol. The number of carbonyl (C=O) groups is 2. The van der Waals surface area contributed by atoms with E-state index in [2.05, 4.69) is 4.90 Å². The van der Waals surface area contributed by atoms with Crippen molar-refractivity contribution in [2.45, 2.75) is 39.2 Å². The molecule has 24 heavy (non-hydrogen) atoms. The molecule has 1 unspecified atom stereocenters. The van der Waals surface area contributed by atoms with Crippen molar-refractivity contribution in [1.29, 1.82) is 0 Å². The normalized spacial score (nSPS) is 23.8. The van der Waals surface area contributed by atoms with Crippen LogP contribution < -0.4 is 4.90 Å². The van der Waals surface area contributed by atoms with Crippen LogP contribution in [0.15, 0.2) is 24.3 Å². The third kappa shape index (κ3) is 3.55. The molecule has 0 saturated carbocycles. The Kier molecular flexibility index (Phi) is 4.28. The van der Waals surface area contributed by atoms with Gasteiger partial charge in [0, 0.05) is 42.8 Å². The average Bonchev–Trinajstić information content (AvgIpc) is 3.14. The van der Waals surface area contributed by atoms with E-state index in [0.29, 0.717) is 5.56 Å². The Labute approximate surface area is 143 Å². The quantitative estimate of drug-likeness (QED) is 0.781. The summed E-state index contributed by atoms with van der Waals surface area (Å²) in [5.41, 5.74) is 1.56. The molecule has 2 fully saturated rings. The molecule has 1 amide bonds. The summed E-state index contributed by atoms with van der Waals surface area (Å²) in [4.78, 5) is 27.3. The van der Waals surface area contributed by atoms with Crippen molar-refractivity contribution >= 4 is 18.1 Å². The van der Waals surface area contributed by atoms with Gasteiger partial charge in [0.25, 0.3) is 0 Å². The van der Waals surface area contributed by atoms with Crippen molar-refractivity contribution in [1.82, 2.24) is 4.90 Å². The molecule has 2 saturated heterocycles. The molecule has 5 nitrogen and oxygen atoms in total. The van der Waals surface area contributed by atoms with Crippen molar-refractivity contribution in [3.63, 3.8) is 0 Å². The van der Waals surface area contributed by atoms with E-state index in [1.807, 2.05) is 49.9 Å². The lowest BCUT2D eigenvalue weighted by Gasteiger charge is -2.27. The van der Waals surface area contributed by atoms with Crippen LogP contribution in [0.1, 0.15) is 44.0 Å². The van der Waals surface area contributed by atoms with E-state index in [1.54, 1.807) is 0 Å². The first-order chi connectivity index (χ1) is 11.3. The Morgan fingerprint density at radius 2 is 1.79 bits per heavy atom. The standard InChI is InChI=1S/C19H26N2O3/c1-18(2,3)24-17(23)21-11-9-19(14-21)8-10-20(13-19)16-6-4-15(12-22)5-7-16/h4-7,12H,8-11,13-14H2,1-3H3. The number of carbonyl (C=O) groups excluding carboxylic acids is 2. The van der Waals surface area contributed by atoms with Crippen LogP contribution in [0, 0.1) is 5.41 Å². The van der Waals surface area contributed by atoms with Gasteiger partial charge in [0.05, 0.1) is 0 Å². The summed E-state index contributed by atoms with van der Waals surface area (Å²) in [5.74, 6) is 0. The molecule has 2 heterocycles. The fourth-order valence-corrected chi connectivity index (χ4v) is 3.67. The van der Waals surface area contributed by atoms with Gasteiger partial charge in [-0.25, -0.2) is 4.79 Å². The second-order valence-electron chi connectivity index (χ2n) is 8.03. The van der Waals surface area contributed by atoms with Gasteiger partial charge in [-0.2, -0.15) is 0 Å². The zero-order valence-corrected chi connectivity index (χ0v) is 14.7. The summed E-state index contributed by atoms with van der Waals surface area (Å²) in [6.07, 6.45) is 2.77. The Morgan fingerprint density at radius 1 is 1.12 bits per heavy atom. The summed E-state index contributed by atoms with van der Waals surface area (Å²) in [5, 5.41) is 0. The van der Waals surface area contributed by atoms with Gasteiger partial charge >= 0.3 is 6.09 Å². The van der Waals surface area contributed by atoms with E-state index in [1.165, 1.54) is 0 Å². The average molecular weight is 330 g/mol. The number of rotatable bonds is 2. The molecule has 0 aromatic heterocycles. The molecular formula is C19H26N2O3. The summed E-state index contributed by atoms with van der Waals surface area (Å²) < 4.78 is 5.50. The van der Waals surface area contributed by atoms with Gasteiger partial charge in [-0.15, -0.1) is 0 Å². The van der Waals surface area contributed by atoms with Gasteiger partial charge in [-0.1, -0.05) is 0 Å². The van der Waals surface area contributed by atoms with Crippen molar-refractivity contribution in [3.8, 4) is 0 Å². The Balaban J connectivity index is 1.62. The lowest BCUT2D eigenvalue weighted by atomic mass is 9.86. The molecule has 0 bridgehead atoms. The Morgan fingerprint density at radius 3 is 2.42 bits per heavy atom. The summed E-state index contributed by atoms with van der Waals surface area (Å²) >= 11 is 0. The largest absolute Gasteiger partial charge is 0.444 e. The third-order valence-corrected chi connectivity index (χ3v) is 4.92. The predicted octanol–water partition coefficient (Wildman–Crippen LogP) is 3.34. The molecule has 1 spiro atoms. The monoisotopic (exact) mass is 330 g/mol. The van der Waals surface area contributed by atoms with E-state index in [-0.39, 0.29) is 11.5 Å². The smallest absolute Gasteiger partial charge is 0.410 e. The molecule has 3 rings (SSSR count). The van der Waals surface area contributed by atoms with E-state index in [0.717, 1.165) is 51.0 Å². The maximum atomic E-state index is 12.3. The number of hydrogen-bond donors (Lipinski definition) is 0. The first-order valence-electron chi connectivity index (χ1n) is 8.58. The number of nitrogens with zero attached hydrogens (tertiary/aromatic N) is 2. The van der Waals surface area contributed by atoms with Crippen LogP contribution in [0.5, 0.6) is 0 Å². The molecule has 5 heteroatoms. The SMILES string of the molecule is CC(C)(C)OC(=O)N1CCC2(CCN(c3ccc(C=O)cc3)C2)C1. The van der Waals surface area contributed by atoms with Crippen LogP contribution >= 0.6 is 0 Å². The van der Waals surface area contributed by atoms with Crippen LogP contribution in [0.3, 0.4) is 0 Å². The van der Waals surface area contributed by atoms with Crippen LogP contribution in [0.4, 0.5) is 10.5 Å². The zero-order valence-electron chi connectivity index (χ0n) is 14.7. The third-order valence-electron chi connectivity index (χ3n) is 4.92. The fraction of sp³-hybridized carbons (Fsp3) is 0.579. The van der Waals surface area contributed by atoms with Crippen LogP contribution in [0.25, 0.3) is 0 Å². The minimum atomic E-state index is -0.450. The van der Waals surface area contributed by atoms with E-state index in [9.17, 15) is 9.59 Å². The lowest BCUT2D eigenvalue weighted by molar-refractivity contribution is 0.0276. The van der Waals surface area contributed by atoms with Crippen LogP contribution in [-0.2, 0) is 4.74 Å². The van der Waals surface area contributed by atoms with Gasteiger partial charge in [0.15, 0.2) is 0 Å². The number of anilines is 1. The predicted molar refractivity (Wildman–Crippen MR) is 93.5 cm³/mol. The minimum absolute atomic E-state index is 0.167. The van der Waals surface area contributed by atoms with Crippen molar-refractivity contribution in [2.24, 2.45) is 5.41 Å². The van der Waals surface area contributed by atoms with Crippen LogP contribution in [0.2, 0.25) is 0 Å². The zero-order chi connectivity index (χ0) is 17.4. The molecule has 0 radical (unpaired) electrons. The van der Waals surface area contributed by atoms with E-state index >= 15 is 0 Å². The van der Waals surface area contributed by atoms with E-state index in [4.69, 9.17) is 4.74 Å². The topological polar surface area (TPSA) is 49.9 Å². The molecule has 1 aromatic rings. The first-order valence-corrected chi connectivity index (χ1v) is 8.58. The van der Waals surface area contributed by atoms with Crippen molar-refractivity contribution in [2.75, 3.05) is 31.1 Å². The molecule has 1 atom stereocenters. The molecule has 2 aliphatic heterocycles. The second-order valence-corrected chi connectivity index (χ2v) is 8.03. The molecule has 2 aliphatic rings. The van der Waals surface area contributed by atoms with E-state index < -0.39 is 5.60 Å². The number of amides is 1. The van der Waals surface area contributed by atoms with Gasteiger partial charge in [-0.3, -0.25) is 4.79 Å². The highest BCUT2D eigenvalue weighted by Gasteiger charge is 2.45. The number of benzene rings is 1. The fourth-order valence-electron chi connectivity index (χ4n) is 3.67. The maximum absolute atomic E-state index is 12.3. The highest BCUT2D eigenvalue weighted by Crippen LogP contribution is 2.41. The summed E-state index contributed by atoms with van der Waals surface area (Å²) in [6, 6.07) is 7.72. The minimum Gasteiger partial charge on any atom is -0.444 e. The van der Waals surface area contributed by atoms with Crippen molar-refractivity contribution < 1.29 is 14.3 Å². The van der Waals surface area contributed by atoms with Crippen molar-refractivity contribution in [3.05, 3.63) is 29.8 Å². The molecule has 0 aliphatic carbocycles. The van der Waals surface area contributed by atoms with Crippen LogP contribution in [-0.4, -0.2) is 49.1 Å². The maximum Gasteiger partial charge on any atom is 0.410 e. The highest BCUT2D eigenvalue weighted by atomic mass is 16.6. The van der Waals surface area contributed by atoms with Gasteiger partial charge in [-0.05, 0) is 57.9 Å².